The van der Waals surface area contributed by atoms with E-state index < -0.39 is 45.9 Å². The van der Waals surface area contributed by atoms with Gasteiger partial charge in [-0.25, -0.2) is 18.0 Å². The molecule has 1 heterocycles. The number of aromatic amines is 1. The number of hydrogen-bond acceptors (Lipinski definition) is 8. The molecule has 0 aliphatic rings. The number of nitrogens with one attached hydrogen (secondary N) is 1. The summed E-state index contributed by atoms with van der Waals surface area (Å²) in [5.74, 6) is -2.00. The first-order valence-electron chi connectivity index (χ1n) is 6.44. The van der Waals surface area contributed by atoms with Crippen LogP contribution in [0.1, 0.15) is 0 Å². The molecule has 0 saturated carbocycles. The number of aromatic nitrogens is 1. The van der Waals surface area contributed by atoms with E-state index >= 15 is 0 Å². The number of fused-ring (bicyclic) bond motifs is 1. The van der Waals surface area contributed by atoms with Crippen molar-refractivity contribution in [2.75, 3.05) is 13.2 Å². The zero-order valence-corrected chi connectivity index (χ0v) is 13.1. The van der Waals surface area contributed by atoms with E-state index in [1.54, 1.807) is 0 Å². The summed E-state index contributed by atoms with van der Waals surface area (Å²) >= 11 is 0. The molecule has 1 aromatic carbocycles. The van der Waals surface area contributed by atoms with E-state index in [-0.39, 0.29) is 16.8 Å². The van der Waals surface area contributed by atoms with Gasteiger partial charge in [-0.3, -0.25) is 4.98 Å². The van der Waals surface area contributed by atoms with Gasteiger partial charge in [-0.15, -0.1) is 0 Å². The van der Waals surface area contributed by atoms with Crippen LogP contribution in [0, 0.1) is 0 Å². The highest BCUT2D eigenvalue weighted by molar-refractivity contribution is 7.86. The molecule has 1 aromatic heterocycles. The molecule has 2 rings (SSSR count). The van der Waals surface area contributed by atoms with Crippen LogP contribution in [-0.2, 0) is 19.6 Å². The van der Waals surface area contributed by atoms with E-state index in [1.165, 1.54) is 18.2 Å². The minimum absolute atomic E-state index is 0.0430. The lowest BCUT2D eigenvalue weighted by Crippen LogP contribution is -2.34. The Kier molecular flexibility index (Phi) is 5.06. The van der Waals surface area contributed by atoms with Crippen LogP contribution in [0.3, 0.4) is 0 Å². The summed E-state index contributed by atoms with van der Waals surface area (Å²) in [5, 5.41) is -4.64. The average molecular weight is 378 g/mol. The Morgan fingerprint density at radius 1 is 1.40 bits per heavy atom. The standard InChI is InChI=1S/C13H11F2NO8S/c1-7(5-22-6-13(14,15)25(19,20)21)11(17)23-9-4-2-3-8-10(9)24-12(18)16-8/h2-4H,1,5-6H2,(H,16,18)(H,19,20,21)/p-1. The Balaban J connectivity index is 1.99. The molecule has 0 radical (unpaired) electrons. The lowest BCUT2D eigenvalue weighted by molar-refractivity contribution is -0.131. The number of para-hydroxylation sites is 1. The van der Waals surface area contributed by atoms with Gasteiger partial charge in [0.2, 0.25) is 0 Å². The van der Waals surface area contributed by atoms with Crippen molar-refractivity contribution in [2.24, 2.45) is 0 Å². The van der Waals surface area contributed by atoms with Crippen LogP contribution in [0.25, 0.3) is 11.1 Å². The van der Waals surface area contributed by atoms with Gasteiger partial charge in [0.25, 0.3) is 0 Å². The summed E-state index contributed by atoms with van der Waals surface area (Å²) in [6.07, 6.45) is 0. The molecule has 12 heteroatoms. The van der Waals surface area contributed by atoms with Gasteiger partial charge >= 0.3 is 17.0 Å². The maximum Gasteiger partial charge on any atom is 0.417 e. The van der Waals surface area contributed by atoms with Gasteiger partial charge in [0.05, 0.1) is 17.7 Å². The molecule has 0 bridgehead atoms. The fourth-order valence-corrected chi connectivity index (χ4v) is 1.85. The summed E-state index contributed by atoms with van der Waals surface area (Å²) in [6, 6.07) is 4.25. The van der Waals surface area contributed by atoms with Crippen LogP contribution in [0.2, 0.25) is 0 Å². The number of rotatable bonds is 7. The van der Waals surface area contributed by atoms with Gasteiger partial charge in [-0.2, -0.15) is 8.78 Å². The average Bonchev–Trinajstić information content (AvgIpc) is 2.87. The van der Waals surface area contributed by atoms with E-state index in [0.29, 0.717) is 0 Å². The molecule has 0 fully saturated rings. The topological polar surface area (TPSA) is 139 Å². The molecule has 136 valence electrons. The largest absolute Gasteiger partial charge is 0.743 e. The molecule has 0 atom stereocenters. The fourth-order valence-electron chi connectivity index (χ4n) is 1.62. The zero-order valence-electron chi connectivity index (χ0n) is 12.3. The zero-order chi connectivity index (χ0) is 18.8. The van der Waals surface area contributed by atoms with Gasteiger partial charge < -0.3 is 18.4 Å². The second-order valence-electron chi connectivity index (χ2n) is 4.72. The molecule has 0 spiro atoms. The molecule has 2 aromatic rings. The normalized spacial score (nSPS) is 12.3. The van der Waals surface area contributed by atoms with E-state index in [9.17, 15) is 31.3 Å². The number of H-pyrrole nitrogens is 1. The first-order valence-corrected chi connectivity index (χ1v) is 7.85. The van der Waals surface area contributed by atoms with E-state index in [2.05, 4.69) is 16.3 Å². The van der Waals surface area contributed by atoms with Crippen LogP contribution in [0.4, 0.5) is 8.78 Å². The Bertz CT molecular complexity index is 975. The van der Waals surface area contributed by atoms with Crippen molar-refractivity contribution < 1.29 is 40.4 Å². The number of halogens is 2. The number of oxazole rings is 1. The summed E-state index contributed by atoms with van der Waals surface area (Å²) in [5.41, 5.74) is -0.218. The fraction of sp³-hybridized carbons (Fsp3) is 0.231. The summed E-state index contributed by atoms with van der Waals surface area (Å²) in [4.78, 5) is 25.3. The van der Waals surface area contributed by atoms with Crippen LogP contribution < -0.4 is 10.5 Å². The molecule has 0 aliphatic carbocycles. The highest BCUT2D eigenvalue weighted by Crippen LogP contribution is 2.24. The van der Waals surface area contributed by atoms with Crippen LogP contribution in [0.5, 0.6) is 5.75 Å². The smallest absolute Gasteiger partial charge is 0.417 e. The first-order chi connectivity index (χ1) is 11.5. The molecule has 0 aliphatic heterocycles. The van der Waals surface area contributed by atoms with Gasteiger partial charge in [-0.1, -0.05) is 12.6 Å². The third-order valence-corrected chi connectivity index (χ3v) is 3.66. The SMILES string of the molecule is C=C(COCC(F)(F)S(=O)(=O)[O-])C(=O)Oc1cccc2[nH]c(=O)oc12. The number of benzene rings is 1. The van der Waals surface area contributed by atoms with Crippen LogP contribution >= 0.6 is 0 Å². The molecule has 9 nitrogen and oxygen atoms in total. The Morgan fingerprint density at radius 2 is 2.08 bits per heavy atom. The summed E-state index contributed by atoms with van der Waals surface area (Å²) in [7, 11) is -5.89. The maximum atomic E-state index is 12.9. The van der Waals surface area contributed by atoms with Crippen molar-refractivity contribution in [3.8, 4) is 5.75 Å². The molecule has 0 unspecified atom stereocenters. The van der Waals surface area contributed by atoms with Crippen molar-refractivity contribution in [1.82, 2.24) is 4.98 Å². The second-order valence-corrected chi connectivity index (χ2v) is 6.23. The Hall–Kier alpha value is -2.57. The van der Waals surface area contributed by atoms with Gasteiger partial charge in [0, 0.05) is 0 Å². The third-order valence-electron chi connectivity index (χ3n) is 2.81. The predicted octanol–water partition coefficient (Wildman–Crippen LogP) is 0.737. The number of carbonyl (C=O) groups excluding carboxylic acids is 1. The van der Waals surface area contributed by atoms with Crippen LogP contribution in [-0.4, -0.2) is 42.4 Å². The van der Waals surface area contributed by atoms with Crippen molar-refractivity contribution in [2.45, 2.75) is 5.25 Å². The lowest BCUT2D eigenvalue weighted by Gasteiger charge is -2.19. The van der Waals surface area contributed by atoms with Crippen molar-refractivity contribution >= 4 is 27.2 Å². The third kappa shape index (κ3) is 4.29. The van der Waals surface area contributed by atoms with E-state index in [1.807, 2.05) is 0 Å². The Labute approximate surface area is 138 Å². The number of ether oxygens (including phenoxy) is 2. The van der Waals surface area contributed by atoms with Gasteiger partial charge in [0.15, 0.2) is 21.5 Å². The van der Waals surface area contributed by atoms with E-state index in [4.69, 9.17) is 9.15 Å². The van der Waals surface area contributed by atoms with Gasteiger partial charge in [-0.05, 0) is 12.1 Å². The summed E-state index contributed by atoms with van der Waals surface area (Å²) < 4.78 is 70.7. The van der Waals surface area contributed by atoms with Crippen molar-refractivity contribution in [3.05, 3.63) is 40.9 Å². The van der Waals surface area contributed by atoms with E-state index in [0.717, 1.165) is 0 Å². The number of carbonyl (C=O) groups is 1. The summed E-state index contributed by atoms with van der Waals surface area (Å²) in [6.45, 7) is 0.694. The first kappa shape index (κ1) is 18.8. The highest BCUT2D eigenvalue weighted by Gasteiger charge is 2.38. The molecular weight excluding hydrogens is 368 g/mol. The maximum absolute atomic E-state index is 12.9. The predicted molar refractivity (Wildman–Crippen MR) is 77.1 cm³/mol. The van der Waals surface area contributed by atoms with Crippen LogP contribution in [0.15, 0.2) is 39.6 Å². The molecular formula is C13H10F2NO8S-. The Morgan fingerprint density at radius 3 is 2.72 bits per heavy atom. The minimum Gasteiger partial charge on any atom is -0.743 e. The number of alkyl halides is 2. The molecule has 1 N–H and O–H groups in total. The highest BCUT2D eigenvalue weighted by atomic mass is 32.2. The number of esters is 1. The van der Waals surface area contributed by atoms with Crippen molar-refractivity contribution in [3.63, 3.8) is 0 Å². The number of hydrogen-bond donors (Lipinski definition) is 1. The second kappa shape index (κ2) is 6.74. The monoisotopic (exact) mass is 378 g/mol. The molecule has 25 heavy (non-hydrogen) atoms. The molecule has 0 saturated heterocycles. The van der Waals surface area contributed by atoms with Gasteiger partial charge in [0.1, 0.15) is 6.61 Å². The molecule has 0 amide bonds. The minimum atomic E-state index is -5.89. The lowest BCUT2D eigenvalue weighted by atomic mass is 10.3. The quantitative estimate of drug-likeness (QED) is 0.322. The van der Waals surface area contributed by atoms with Crippen molar-refractivity contribution in [1.29, 1.82) is 0 Å².